The number of nitrogens with zero attached hydrogens (tertiary/aromatic N) is 1. The van der Waals surface area contributed by atoms with Gasteiger partial charge >= 0.3 is 5.97 Å². The van der Waals surface area contributed by atoms with Gasteiger partial charge in [-0.25, -0.2) is 9.78 Å². The van der Waals surface area contributed by atoms with Crippen molar-refractivity contribution in [3.05, 3.63) is 64.2 Å². The van der Waals surface area contributed by atoms with Crippen molar-refractivity contribution in [1.29, 1.82) is 0 Å². The molecule has 47 heavy (non-hydrogen) atoms. The van der Waals surface area contributed by atoms with E-state index in [0.717, 1.165) is 0 Å². The first-order valence-corrected chi connectivity index (χ1v) is 16.4. The number of esters is 1. The van der Waals surface area contributed by atoms with Gasteiger partial charge in [-0.1, -0.05) is 18.2 Å². The fourth-order valence-corrected chi connectivity index (χ4v) is 6.12. The predicted molar refractivity (Wildman–Crippen MR) is 174 cm³/mol. The summed E-state index contributed by atoms with van der Waals surface area (Å²) in [6, 6.07) is 6.39. The van der Waals surface area contributed by atoms with Gasteiger partial charge in [-0.05, 0) is 61.9 Å². The Balaban J connectivity index is 1.45. The maximum Gasteiger partial charge on any atom is 0.342 e. The fourth-order valence-electron chi connectivity index (χ4n) is 5.58. The molecule has 3 heterocycles. The van der Waals surface area contributed by atoms with Crippen LogP contribution in [0.4, 0.5) is 5.13 Å². The molecule has 2 amide bonds. The largest absolute Gasteiger partial charge is 0.507 e. The minimum absolute atomic E-state index is 0.000123. The van der Waals surface area contributed by atoms with Gasteiger partial charge in [-0.15, -0.1) is 11.3 Å². The second-order valence-corrected chi connectivity index (χ2v) is 12.3. The van der Waals surface area contributed by atoms with Crippen LogP contribution in [0.2, 0.25) is 0 Å². The molecule has 2 aliphatic heterocycles. The number of anilines is 1. The summed E-state index contributed by atoms with van der Waals surface area (Å²) < 4.78 is 16.7. The highest BCUT2D eigenvalue weighted by molar-refractivity contribution is 7.13. The van der Waals surface area contributed by atoms with Crippen LogP contribution >= 0.6 is 11.3 Å². The van der Waals surface area contributed by atoms with E-state index in [1.54, 1.807) is 48.9 Å². The number of cyclic esters (lactones) is 1. The van der Waals surface area contributed by atoms with Crippen molar-refractivity contribution in [2.75, 3.05) is 18.7 Å². The number of ketones is 1. The Morgan fingerprint density at radius 2 is 1.89 bits per heavy atom. The first-order chi connectivity index (χ1) is 22.7. The standard InChI is InChI=1S/C34H37N3O9S/c1-20-6-5-9-23(38)8-4-2-3-7-22-16-25(39)31(32(42)30(22)33(43)46-20)24(21-10-11-26-27(17-21)45-19-44-26)18-29(41)35-13-12-28(40)37-34-36-14-15-47-34/h3,7,10-11,14-17,20,24,39,42H,2,4-6,8-9,12-13,18-19H2,1H3,(H,35,41)(H,36,37,40)/t20-,24?/m0/s1. The summed E-state index contributed by atoms with van der Waals surface area (Å²) in [7, 11) is 0. The number of phenolic OH excluding ortho intramolecular Hbond substituents is 2. The molecule has 4 N–H and O–H groups in total. The number of nitrogens with one attached hydrogen (secondary N) is 2. The molecule has 0 bridgehead atoms. The van der Waals surface area contributed by atoms with Crippen molar-refractivity contribution in [1.82, 2.24) is 10.3 Å². The third-order valence-electron chi connectivity index (χ3n) is 7.94. The number of ether oxygens (including phenoxy) is 3. The SMILES string of the molecule is C[C@H]1CCCC(=O)CCCC=Cc2cc(O)c(C(CC(=O)NCCC(=O)Nc3nccs3)c3ccc4c(c3)OCO4)c(O)c2C(=O)O1. The van der Waals surface area contributed by atoms with Crippen molar-refractivity contribution in [2.45, 2.75) is 70.3 Å². The number of allylic oxidation sites excluding steroid dienone is 1. The quantitative estimate of drug-likeness (QED) is 0.228. The lowest BCUT2D eigenvalue weighted by Crippen LogP contribution is -2.29. The second-order valence-electron chi connectivity index (χ2n) is 11.4. The smallest absolute Gasteiger partial charge is 0.342 e. The van der Waals surface area contributed by atoms with E-state index in [4.69, 9.17) is 14.2 Å². The summed E-state index contributed by atoms with van der Waals surface area (Å²) in [5.41, 5.74) is 0.576. The van der Waals surface area contributed by atoms with Gasteiger partial charge in [-0.3, -0.25) is 14.4 Å². The molecule has 0 spiro atoms. The second kappa shape index (κ2) is 15.6. The number of phenols is 2. The lowest BCUT2D eigenvalue weighted by Gasteiger charge is -2.23. The van der Waals surface area contributed by atoms with Gasteiger partial charge in [0.1, 0.15) is 22.8 Å². The number of aromatic nitrogens is 1. The number of carbonyl (C=O) groups excluding carboxylic acids is 4. The number of carbonyl (C=O) groups is 4. The average molecular weight is 664 g/mol. The van der Waals surface area contributed by atoms with Crippen LogP contribution < -0.4 is 20.1 Å². The van der Waals surface area contributed by atoms with Crippen molar-refractivity contribution in [3.8, 4) is 23.0 Å². The number of fused-ring (bicyclic) bond motifs is 2. The average Bonchev–Trinajstić information content (AvgIpc) is 3.71. The Hall–Kier alpha value is -4.91. The topological polar surface area (TPSA) is 173 Å². The molecule has 1 unspecified atom stereocenters. The van der Waals surface area contributed by atoms with E-state index in [2.05, 4.69) is 15.6 Å². The van der Waals surface area contributed by atoms with E-state index in [-0.39, 0.29) is 60.3 Å². The molecule has 0 aliphatic carbocycles. The Kier molecular flexibility index (Phi) is 11.1. The van der Waals surface area contributed by atoms with Crippen LogP contribution in [0.3, 0.4) is 0 Å². The minimum Gasteiger partial charge on any atom is -0.507 e. The van der Waals surface area contributed by atoms with Crippen LogP contribution in [-0.2, 0) is 19.1 Å². The third kappa shape index (κ3) is 8.67. The maximum absolute atomic E-state index is 13.6. The molecule has 2 atom stereocenters. The summed E-state index contributed by atoms with van der Waals surface area (Å²) in [4.78, 5) is 55.3. The summed E-state index contributed by atoms with van der Waals surface area (Å²) in [6.45, 7) is 1.78. The van der Waals surface area contributed by atoms with E-state index >= 15 is 0 Å². The van der Waals surface area contributed by atoms with Crippen molar-refractivity contribution < 1.29 is 43.6 Å². The van der Waals surface area contributed by atoms with Gasteiger partial charge < -0.3 is 35.1 Å². The molecule has 3 aromatic rings. The van der Waals surface area contributed by atoms with Crippen molar-refractivity contribution in [2.24, 2.45) is 0 Å². The summed E-state index contributed by atoms with van der Waals surface area (Å²) in [6.07, 6.45) is 7.25. The van der Waals surface area contributed by atoms with Crippen LogP contribution in [0, 0.1) is 0 Å². The molecule has 2 aromatic carbocycles. The number of rotatable bonds is 8. The van der Waals surface area contributed by atoms with Gasteiger partial charge in [0.2, 0.25) is 18.6 Å². The molecule has 0 saturated carbocycles. The Bertz CT molecular complexity index is 1650. The molecule has 0 fully saturated rings. The highest BCUT2D eigenvalue weighted by Crippen LogP contribution is 2.46. The van der Waals surface area contributed by atoms with Crippen LogP contribution in [0.5, 0.6) is 23.0 Å². The molecule has 13 heteroatoms. The van der Waals surface area contributed by atoms with Gasteiger partial charge in [-0.2, -0.15) is 0 Å². The Morgan fingerprint density at radius 3 is 2.70 bits per heavy atom. The van der Waals surface area contributed by atoms with E-state index in [0.29, 0.717) is 60.7 Å². The molecule has 0 saturated heterocycles. The molecule has 12 nitrogen and oxygen atoms in total. The van der Waals surface area contributed by atoms with Crippen molar-refractivity contribution >= 4 is 46.1 Å². The van der Waals surface area contributed by atoms with Crippen molar-refractivity contribution in [3.63, 3.8) is 0 Å². The highest BCUT2D eigenvalue weighted by Gasteiger charge is 2.32. The monoisotopic (exact) mass is 663 g/mol. The van der Waals surface area contributed by atoms with E-state index in [1.807, 2.05) is 0 Å². The molecule has 5 rings (SSSR count). The van der Waals surface area contributed by atoms with Gasteiger partial charge in [0.25, 0.3) is 0 Å². The summed E-state index contributed by atoms with van der Waals surface area (Å²) >= 11 is 1.28. The van der Waals surface area contributed by atoms with Crippen LogP contribution in [0.1, 0.15) is 91.3 Å². The zero-order valence-corrected chi connectivity index (χ0v) is 26.8. The zero-order valence-electron chi connectivity index (χ0n) is 26.0. The van der Waals surface area contributed by atoms with Crippen LogP contribution in [0.15, 0.2) is 41.9 Å². The molecule has 2 aliphatic rings. The zero-order chi connectivity index (χ0) is 33.3. The van der Waals surface area contributed by atoms with E-state index in [9.17, 15) is 29.4 Å². The van der Waals surface area contributed by atoms with E-state index in [1.165, 1.54) is 17.4 Å². The molecule has 248 valence electrons. The van der Waals surface area contributed by atoms with Gasteiger partial charge in [0.15, 0.2) is 16.6 Å². The van der Waals surface area contributed by atoms with E-state index < -0.39 is 29.6 Å². The van der Waals surface area contributed by atoms with Crippen LogP contribution in [-0.4, -0.2) is 58.2 Å². The number of hydrogen-bond donors (Lipinski definition) is 4. The van der Waals surface area contributed by atoms with Gasteiger partial charge in [0, 0.05) is 55.3 Å². The lowest BCUT2D eigenvalue weighted by molar-refractivity contribution is -0.121. The molecular weight excluding hydrogens is 626 g/mol. The number of Topliss-reactive ketones (excluding diaryl/α,β-unsaturated/α-hetero) is 1. The van der Waals surface area contributed by atoms with Gasteiger partial charge in [0.05, 0.1) is 6.10 Å². The predicted octanol–water partition coefficient (Wildman–Crippen LogP) is 5.43. The number of thiazole rings is 1. The number of benzene rings is 2. The number of amides is 2. The first-order valence-electron chi connectivity index (χ1n) is 15.5. The van der Waals surface area contributed by atoms with Crippen LogP contribution in [0.25, 0.3) is 6.08 Å². The maximum atomic E-state index is 13.6. The lowest BCUT2D eigenvalue weighted by atomic mass is 9.84. The molecular formula is C34H37N3O9S. The number of aromatic hydroxyl groups is 2. The highest BCUT2D eigenvalue weighted by atomic mass is 32.1. The Labute approximate surface area is 275 Å². The molecule has 1 aromatic heterocycles. The first kappa shape index (κ1) is 33.5. The fraction of sp³-hybridized carbons (Fsp3) is 0.382. The minimum atomic E-state index is -0.938. The number of hydrogen-bond acceptors (Lipinski definition) is 11. The molecule has 0 radical (unpaired) electrons. The normalized spacial score (nSPS) is 17.3. The summed E-state index contributed by atoms with van der Waals surface area (Å²) in [5.74, 6) is -2.26. The third-order valence-corrected chi connectivity index (χ3v) is 8.63. The summed E-state index contributed by atoms with van der Waals surface area (Å²) in [5, 5.41) is 30.7. The Morgan fingerprint density at radius 1 is 1.09 bits per heavy atom.